The summed E-state index contributed by atoms with van der Waals surface area (Å²) in [6.45, 7) is 6.40. The molecule has 0 aromatic heterocycles. The fourth-order valence-corrected chi connectivity index (χ4v) is 7.15. The fraction of sp³-hybridized carbons (Fsp3) is 0.632. The number of hydrogen-bond donors (Lipinski definition) is 3. The number of Topliss-reactive ketones (excluding diaryl/α,β-unsaturated/α-hetero) is 3. The first-order valence-corrected chi connectivity index (χ1v) is 25.3. The lowest BCUT2D eigenvalue weighted by molar-refractivity contribution is -0.174. The number of unbranched alkanes of at least 4 members (excludes halogenated alkanes) is 15. The molecule has 0 aromatic rings. The van der Waals surface area contributed by atoms with Crippen LogP contribution in [0.3, 0.4) is 0 Å². The molecule has 0 aromatic carbocycles. The van der Waals surface area contributed by atoms with Gasteiger partial charge in [-0.25, -0.2) is 0 Å². The van der Waals surface area contributed by atoms with Gasteiger partial charge in [-0.05, 0) is 116 Å². The molecule has 3 N–H and O–H groups in total. The predicted octanol–water partition coefficient (Wildman–Crippen LogP) is 14.9. The van der Waals surface area contributed by atoms with Crippen molar-refractivity contribution < 1.29 is 29.7 Å². The van der Waals surface area contributed by atoms with E-state index in [0.717, 1.165) is 154 Å². The number of ketones is 3. The van der Waals surface area contributed by atoms with Crippen LogP contribution in [0.4, 0.5) is 0 Å². The highest BCUT2D eigenvalue weighted by Crippen LogP contribution is 2.25. The molecule has 0 spiro atoms. The Kier molecular flexibility index (Phi) is 42.7. The standard InChI is InChI=1S/C57H92O6/c1-4-7-10-13-16-19-22-25-28-31-34-37-40-43-46-49-52(58)55(61)56(62)57(63,53(59)50-47-44-41-38-35-32-29-26-23-20-17-14-11-8-5-2)54(60)51-48-45-42-39-36-33-30-27-24-21-18-15-12-9-6-3/h7-12,16-21,25-30,55-56,61-63H,4-6,13-15,22-24,31-51H2,1-3H3/b10-7-,11-8-,12-9-,19-16-,20-17-,21-18-,28-25-,29-26-,30-27-. The molecule has 0 aliphatic heterocycles. The zero-order chi connectivity index (χ0) is 46.3. The molecule has 2 unspecified atom stereocenters. The van der Waals surface area contributed by atoms with E-state index in [0.29, 0.717) is 19.3 Å². The highest BCUT2D eigenvalue weighted by Gasteiger charge is 2.52. The number of hydrogen-bond acceptors (Lipinski definition) is 6. The minimum Gasteiger partial charge on any atom is -0.386 e. The quantitative estimate of drug-likeness (QED) is 0.0319. The van der Waals surface area contributed by atoms with Gasteiger partial charge in [-0.15, -0.1) is 0 Å². The molecule has 0 aliphatic rings. The number of aliphatic hydroxyl groups excluding tert-OH is 2. The summed E-state index contributed by atoms with van der Waals surface area (Å²) in [6.07, 6.45) is 59.5. The van der Waals surface area contributed by atoms with Crippen molar-refractivity contribution in [1.82, 2.24) is 0 Å². The summed E-state index contributed by atoms with van der Waals surface area (Å²) in [5, 5.41) is 33.8. The van der Waals surface area contributed by atoms with Crippen molar-refractivity contribution in [1.29, 1.82) is 0 Å². The second-order valence-electron chi connectivity index (χ2n) is 16.8. The lowest BCUT2D eigenvalue weighted by Gasteiger charge is -2.32. The Morgan fingerprint density at radius 1 is 0.365 bits per heavy atom. The van der Waals surface area contributed by atoms with Gasteiger partial charge in [-0.1, -0.05) is 188 Å². The van der Waals surface area contributed by atoms with Gasteiger partial charge in [0.1, 0.15) is 12.2 Å². The monoisotopic (exact) mass is 873 g/mol. The van der Waals surface area contributed by atoms with E-state index in [1.807, 2.05) is 0 Å². The highest BCUT2D eigenvalue weighted by molar-refractivity contribution is 6.11. The normalized spacial score (nSPS) is 14.0. The summed E-state index contributed by atoms with van der Waals surface area (Å²) in [4.78, 5) is 40.2. The van der Waals surface area contributed by atoms with Gasteiger partial charge >= 0.3 is 0 Å². The van der Waals surface area contributed by atoms with Gasteiger partial charge < -0.3 is 15.3 Å². The molecule has 0 heterocycles. The molecule has 6 nitrogen and oxygen atoms in total. The Morgan fingerprint density at radius 3 is 0.937 bits per heavy atom. The molecule has 0 fully saturated rings. The van der Waals surface area contributed by atoms with E-state index in [1.54, 1.807) is 0 Å². The first-order valence-electron chi connectivity index (χ1n) is 25.3. The van der Waals surface area contributed by atoms with E-state index in [1.165, 1.54) is 0 Å². The van der Waals surface area contributed by atoms with E-state index in [-0.39, 0.29) is 19.3 Å². The number of aliphatic hydroxyl groups is 3. The lowest BCUT2D eigenvalue weighted by atomic mass is 9.79. The summed E-state index contributed by atoms with van der Waals surface area (Å²) in [7, 11) is 0. The molecule has 0 saturated heterocycles. The van der Waals surface area contributed by atoms with Gasteiger partial charge in [-0.3, -0.25) is 14.4 Å². The van der Waals surface area contributed by atoms with Crippen LogP contribution in [-0.4, -0.2) is 50.5 Å². The molecule has 0 aliphatic carbocycles. The van der Waals surface area contributed by atoms with Crippen molar-refractivity contribution in [3.63, 3.8) is 0 Å². The van der Waals surface area contributed by atoms with Crippen molar-refractivity contribution in [3.05, 3.63) is 109 Å². The van der Waals surface area contributed by atoms with Crippen LogP contribution < -0.4 is 0 Å². The number of allylic oxidation sites excluding steroid dienone is 18. The van der Waals surface area contributed by atoms with Crippen LogP contribution in [-0.2, 0) is 14.4 Å². The molecular formula is C57H92O6. The summed E-state index contributed by atoms with van der Waals surface area (Å²) in [5.74, 6) is -2.26. The number of carbonyl (C=O) groups is 3. The lowest BCUT2D eigenvalue weighted by Crippen LogP contribution is -2.61. The third-order valence-corrected chi connectivity index (χ3v) is 11.1. The van der Waals surface area contributed by atoms with Gasteiger partial charge in [0.15, 0.2) is 17.3 Å². The maximum absolute atomic E-state index is 13.6. The van der Waals surface area contributed by atoms with Crippen molar-refractivity contribution in [3.8, 4) is 0 Å². The zero-order valence-corrected chi connectivity index (χ0v) is 40.3. The van der Waals surface area contributed by atoms with Gasteiger partial charge in [0.2, 0.25) is 5.60 Å². The van der Waals surface area contributed by atoms with Crippen molar-refractivity contribution in [2.24, 2.45) is 0 Å². The third kappa shape index (κ3) is 34.6. The third-order valence-electron chi connectivity index (χ3n) is 11.1. The molecule has 2 atom stereocenters. The Morgan fingerprint density at radius 2 is 0.619 bits per heavy atom. The minimum absolute atomic E-state index is 0.0153. The summed E-state index contributed by atoms with van der Waals surface area (Å²) >= 11 is 0. The van der Waals surface area contributed by atoms with Crippen LogP contribution >= 0.6 is 0 Å². The van der Waals surface area contributed by atoms with E-state index in [4.69, 9.17) is 0 Å². The van der Waals surface area contributed by atoms with E-state index in [2.05, 4.69) is 130 Å². The van der Waals surface area contributed by atoms with E-state index in [9.17, 15) is 29.7 Å². The largest absolute Gasteiger partial charge is 0.386 e. The molecular weight excluding hydrogens is 781 g/mol. The maximum Gasteiger partial charge on any atom is 0.210 e. The molecule has 0 radical (unpaired) electrons. The average molecular weight is 873 g/mol. The number of rotatable bonds is 44. The topological polar surface area (TPSA) is 112 Å². The van der Waals surface area contributed by atoms with Crippen molar-refractivity contribution >= 4 is 17.3 Å². The van der Waals surface area contributed by atoms with Gasteiger partial charge in [-0.2, -0.15) is 0 Å². The Balaban J connectivity index is 4.94. The van der Waals surface area contributed by atoms with Crippen molar-refractivity contribution in [2.45, 2.75) is 231 Å². The Hall–Kier alpha value is -3.45. The van der Waals surface area contributed by atoms with Crippen LogP contribution in [0.5, 0.6) is 0 Å². The van der Waals surface area contributed by atoms with Crippen LogP contribution in [0, 0.1) is 0 Å². The highest BCUT2D eigenvalue weighted by atomic mass is 16.4. The summed E-state index contributed by atoms with van der Waals surface area (Å²) in [5.41, 5.74) is -2.80. The Bertz CT molecular complexity index is 1320. The molecule has 0 amide bonds. The second-order valence-corrected chi connectivity index (χ2v) is 16.8. The van der Waals surface area contributed by atoms with Crippen LogP contribution in [0.2, 0.25) is 0 Å². The first-order chi connectivity index (χ1) is 30.8. The SMILES string of the molecule is CC/C=C\C/C=C\C/C=C\CCCCCCCC(=O)C(O)C(O)C(O)(C(=O)CCCCCCC/C=C\C/C=C\C/C=C\CC)C(=O)CCCCCCC/C=C\C/C=C\C/C=C\CC. The second kappa shape index (κ2) is 45.1. The molecule has 0 saturated carbocycles. The number of carbonyl (C=O) groups excluding carboxylic acids is 3. The smallest absolute Gasteiger partial charge is 0.210 e. The molecule has 6 heteroatoms. The average Bonchev–Trinajstić information content (AvgIpc) is 3.29. The van der Waals surface area contributed by atoms with E-state index < -0.39 is 35.2 Å². The fourth-order valence-electron chi connectivity index (χ4n) is 7.15. The predicted molar refractivity (Wildman–Crippen MR) is 270 cm³/mol. The van der Waals surface area contributed by atoms with Crippen LogP contribution in [0.25, 0.3) is 0 Å². The Labute approximate surface area is 386 Å². The van der Waals surface area contributed by atoms with Crippen molar-refractivity contribution in [2.75, 3.05) is 0 Å². The zero-order valence-electron chi connectivity index (χ0n) is 40.3. The van der Waals surface area contributed by atoms with E-state index >= 15 is 0 Å². The van der Waals surface area contributed by atoms with Crippen LogP contribution in [0.1, 0.15) is 213 Å². The summed E-state index contributed by atoms with van der Waals surface area (Å²) < 4.78 is 0. The van der Waals surface area contributed by atoms with Gasteiger partial charge in [0, 0.05) is 19.3 Å². The molecule has 63 heavy (non-hydrogen) atoms. The summed E-state index contributed by atoms with van der Waals surface area (Å²) in [6, 6.07) is 0. The molecule has 0 rings (SSSR count). The van der Waals surface area contributed by atoms with Gasteiger partial charge in [0.05, 0.1) is 0 Å². The minimum atomic E-state index is -2.80. The first kappa shape index (κ1) is 59.5. The van der Waals surface area contributed by atoms with Gasteiger partial charge in [0.25, 0.3) is 0 Å². The maximum atomic E-state index is 13.6. The van der Waals surface area contributed by atoms with Crippen LogP contribution in [0.15, 0.2) is 109 Å². The molecule has 356 valence electrons. The molecule has 0 bridgehead atoms.